The molecule has 1 N–H and O–H groups in total. The predicted octanol–water partition coefficient (Wildman–Crippen LogP) is 2.68. The van der Waals surface area contributed by atoms with E-state index < -0.39 is 12.7 Å². The molecule has 0 bridgehead atoms. The van der Waals surface area contributed by atoms with Gasteiger partial charge in [-0.3, -0.25) is 4.90 Å². The summed E-state index contributed by atoms with van der Waals surface area (Å²) in [6.07, 6.45) is -2.59. The fourth-order valence-corrected chi connectivity index (χ4v) is 2.50. The first-order valence-corrected chi connectivity index (χ1v) is 7.23. The van der Waals surface area contributed by atoms with Crippen LogP contribution in [0.4, 0.5) is 13.2 Å². The summed E-state index contributed by atoms with van der Waals surface area (Å²) >= 11 is 0. The van der Waals surface area contributed by atoms with Crippen LogP contribution < -0.4 is 10.1 Å². The summed E-state index contributed by atoms with van der Waals surface area (Å²) in [7, 11) is 0. The fourth-order valence-electron chi connectivity index (χ4n) is 2.50. The van der Waals surface area contributed by atoms with Crippen molar-refractivity contribution < 1.29 is 17.9 Å². The van der Waals surface area contributed by atoms with Gasteiger partial charge in [0.25, 0.3) is 0 Å². The van der Waals surface area contributed by atoms with Crippen LogP contribution in [0.2, 0.25) is 0 Å². The van der Waals surface area contributed by atoms with Crippen molar-refractivity contribution in [2.24, 2.45) is 0 Å². The van der Waals surface area contributed by atoms with Gasteiger partial charge in [-0.25, -0.2) is 0 Å². The number of halogens is 3. The Morgan fingerprint density at radius 1 is 1.14 bits per heavy atom. The van der Waals surface area contributed by atoms with Crippen molar-refractivity contribution >= 4 is 0 Å². The smallest absolute Gasteiger partial charge is 0.401 e. The van der Waals surface area contributed by atoms with Crippen LogP contribution in [0.25, 0.3) is 0 Å². The molecule has 118 valence electrons. The third kappa shape index (κ3) is 6.35. The van der Waals surface area contributed by atoms with Gasteiger partial charge >= 0.3 is 6.18 Å². The maximum Gasteiger partial charge on any atom is 0.401 e. The van der Waals surface area contributed by atoms with Crippen molar-refractivity contribution in [2.75, 3.05) is 32.8 Å². The second-order valence-corrected chi connectivity index (χ2v) is 5.28. The number of likely N-dealkylation sites (tertiary alicyclic amines) is 1. The molecule has 0 amide bonds. The van der Waals surface area contributed by atoms with E-state index in [1.165, 1.54) is 4.90 Å². The predicted molar refractivity (Wildman–Crippen MR) is 75.5 cm³/mol. The molecule has 2 rings (SSSR count). The highest BCUT2D eigenvalue weighted by atomic mass is 19.4. The van der Waals surface area contributed by atoms with E-state index in [0.29, 0.717) is 26.2 Å². The van der Waals surface area contributed by atoms with Crippen LogP contribution in [-0.4, -0.2) is 49.9 Å². The van der Waals surface area contributed by atoms with Gasteiger partial charge in [-0.1, -0.05) is 18.2 Å². The Bertz CT molecular complexity index is 403. The lowest BCUT2D eigenvalue weighted by atomic mass is 10.1. The first-order chi connectivity index (χ1) is 10.0. The molecule has 1 heterocycles. The molecule has 3 nitrogen and oxygen atoms in total. The van der Waals surface area contributed by atoms with E-state index in [0.717, 1.165) is 18.6 Å². The lowest BCUT2D eigenvalue weighted by Gasteiger charge is -2.32. The Morgan fingerprint density at radius 2 is 1.81 bits per heavy atom. The van der Waals surface area contributed by atoms with E-state index in [2.05, 4.69) is 5.32 Å². The van der Waals surface area contributed by atoms with Gasteiger partial charge in [0.05, 0.1) is 6.54 Å². The summed E-state index contributed by atoms with van der Waals surface area (Å²) in [5.74, 6) is 0.833. The molecule has 0 spiro atoms. The monoisotopic (exact) mass is 302 g/mol. The number of hydrogen-bond acceptors (Lipinski definition) is 3. The highest BCUT2D eigenvalue weighted by Gasteiger charge is 2.32. The minimum Gasteiger partial charge on any atom is -0.492 e. The van der Waals surface area contributed by atoms with Gasteiger partial charge in [0.2, 0.25) is 0 Å². The zero-order valence-corrected chi connectivity index (χ0v) is 11.9. The molecule has 21 heavy (non-hydrogen) atoms. The molecular formula is C15H21F3N2O. The van der Waals surface area contributed by atoms with E-state index in [-0.39, 0.29) is 6.04 Å². The molecule has 0 atom stereocenters. The number of para-hydroxylation sites is 1. The third-order valence-electron chi connectivity index (χ3n) is 3.54. The summed E-state index contributed by atoms with van der Waals surface area (Å²) in [6.45, 7) is 1.47. The standard InChI is InChI=1S/C15H21F3N2O/c16-15(17,18)12-20-9-6-13(7-10-20)19-8-11-21-14-4-2-1-3-5-14/h1-5,13,19H,6-12H2. The highest BCUT2D eigenvalue weighted by Crippen LogP contribution is 2.19. The molecule has 1 aliphatic rings. The summed E-state index contributed by atoms with van der Waals surface area (Å²) < 4.78 is 42.4. The van der Waals surface area contributed by atoms with Crippen LogP contribution >= 0.6 is 0 Å². The number of alkyl halides is 3. The van der Waals surface area contributed by atoms with Gasteiger partial charge in [0, 0.05) is 12.6 Å². The van der Waals surface area contributed by atoms with Crippen molar-refractivity contribution in [1.29, 1.82) is 0 Å². The van der Waals surface area contributed by atoms with Crippen LogP contribution in [0, 0.1) is 0 Å². The van der Waals surface area contributed by atoms with Crippen molar-refractivity contribution in [1.82, 2.24) is 10.2 Å². The van der Waals surface area contributed by atoms with Gasteiger partial charge in [0.1, 0.15) is 12.4 Å². The number of piperidine rings is 1. The molecule has 1 aromatic carbocycles. The van der Waals surface area contributed by atoms with E-state index in [1.54, 1.807) is 0 Å². The average molecular weight is 302 g/mol. The number of nitrogens with zero attached hydrogens (tertiary/aromatic N) is 1. The van der Waals surface area contributed by atoms with Crippen molar-refractivity contribution in [2.45, 2.75) is 25.1 Å². The summed E-state index contributed by atoms with van der Waals surface area (Å²) in [6, 6.07) is 9.84. The molecule has 1 saturated heterocycles. The second kappa shape index (κ2) is 7.66. The molecule has 1 aliphatic heterocycles. The van der Waals surface area contributed by atoms with Crippen LogP contribution in [0.15, 0.2) is 30.3 Å². The summed E-state index contributed by atoms with van der Waals surface area (Å²) in [5, 5.41) is 3.34. The molecule has 1 fully saturated rings. The van der Waals surface area contributed by atoms with Gasteiger partial charge < -0.3 is 10.1 Å². The van der Waals surface area contributed by atoms with Crippen LogP contribution in [0.5, 0.6) is 5.75 Å². The van der Waals surface area contributed by atoms with E-state index >= 15 is 0 Å². The number of ether oxygens (including phenoxy) is 1. The molecule has 0 saturated carbocycles. The largest absolute Gasteiger partial charge is 0.492 e. The quantitative estimate of drug-likeness (QED) is 0.818. The fraction of sp³-hybridized carbons (Fsp3) is 0.600. The zero-order valence-electron chi connectivity index (χ0n) is 11.9. The second-order valence-electron chi connectivity index (χ2n) is 5.28. The Labute approximate surface area is 123 Å². The normalized spacial score (nSPS) is 17.9. The third-order valence-corrected chi connectivity index (χ3v) is 3.54. The minimum atomic E-state index is -4.09. The molecule has 1 aromatic rings. The average Bonchev–Trinajstić information content (AvgIpc) is 2.45. The van der Waals surface area contributed by atoms with Crippen molar-refractivity contribution in [3.8, 4) is 5.75 Å². The molecule has 0 aromatic heterocycles. The molecule has 0 radical (unpaired) electrons. The number of benzene rings is 1. The summed E-state index contributed by atoms with van der Waals surface area (Å²) in [5.41, 5.74) is 0. The minimum absolute atomic E-state index is 0.286. The topological polar surface area (TPSA) is 24.5 Å². The molecule has 6 heteroatoms. The Hall–Kier alpha value is -1.27. The van der Waals surface area contributed by atoms with E-state index in [1.807, 2.05) is 30.3 Å². The first kappa shape index (κ1) is 16.1. The van der Waals surface area contributed by atoms with Crippen LogP contribution in [0.3, 0.4) is 0 Å². The zero-order chi connectivity index (χ0) is 15.1. The molecule has 0 aliphatic carbocycles. The Morgan fingerprint density at radius 3 is 2.43 bits per heavy atom. The maximum atomic E-state index is 12.3. The number of rotatable bonds is 6. The van der Waals surface area contributed by atoms with Crippen LogP contribution in [-0.2, 0) is 0 Å². The summed E-state index contributed by atoms with van der Waals surface area (Å²) in [4.78, 5) is 1.47. The van der Waals surface area contributed by atoms with Gasteiger partial charge in [-0.05, 0) is 38.1 Å². The van der Waals surface area contributed by atoms with E-state index in [4.69, 9.17) is 4.74 Å². The SMILES string of the molecule is FC(F)(F)CN1CCC(NCCOc2ccccc2)CC1. The van der Waals surface area contributed by atoms with Crippen LogP contribution in [0.1, 0.15) is 12.8 Å². The van der Waals surface area contributed by atoms with Crippen molar-refractivity contribution in [3.63, 3.8) is 0 Å². The van der Waals surface area contributed by atoms with Gasteiger partial charge in [-0.2, -0.15) is 13.2 Å². The van der Waals surface area contributed by atoms with Gasteiger partial charge in [0.15, 0.2) is 0 Å². The molecular weight excluding hydrogens is 281 g/mol. The first-order valence-electron chi connectivity index (χ1n) is 7.23. The van der Waals surface area contributed by atoms with Gasteiger partial charge in [-0.15, -0.1) is 0 Å². The maximum absolute atomic E-state index is 12.3. The lowest BCUT2D eigenvalue weighted by Crippen LogP contribution is -2.46. The Kier molecular flexibility index (Phi) is 5.87. The highest BCUT2D eigenvalue weighted by molar-refractivity contribution is 5.20. The Balaban J connectivity index is 1.57. The van der Waals surface area contributed by atoms with E-state index in [9.17, 15) is 13.2 Å². The van der Waals surface area contributed by atoms with Crippen molar-refractivity contribution in [3.05, 3.63) is 30.3 Å². The number of nitrogens with one attached hydrogen (secondary N) is 1. The lowest BCUT2D eigenvalue weighted by molar-refractivity contribution is -0.148. The molecule has 0 unspecified atom stereocenters. The number of hydrogen-bond donors (Lipinski definition) is 1.